The van der Waals surface area contributed by atoms with Crippen molar-refractivity contribution in [2.75, 3.05) is 0 Å². The van der Waals surface area contributed by atoms with Gasteiger partial charge in [-0.2, -0.15) is 0 Å². The monoisotopic (exact) mass is 181 g/mol. The van der Waals surface area contributed by atoms with Crippen LogP contribution in [0.5, 0.6) is 0 Å². The molecule has 54 valence electrons. The van der Waals surface area contributed by atoms with E-state index in [-0.39, 0.29) is 34.5 Å². The molecule has 0 saturated carbocycles. The summed E-state index contributed by atoms with van der Waals surface area (Å²) in [7, 11) is -4.32. The van der Waals surface area contributed by atoms with E-state index in [1.54, 1.807) is 0 Å². The third kappa shape index (κ3) is 3.31. The summed E-state index contributed by atoms with van der Waals surface area (Å²) in [5, 5.41) is 0. The SMILES string of the molecule is O=S(=O)([O-])c1cccnc1.[Na+]. The topological polar surface area (TPSA) is 70.1 Å². The van der Waals surface area contributed by atoms with Crippen molar-refractivity contribution in [3.8, 4) is 0 Å². The van der Waals surface area contributed by atoms with Gasteiger partial charge in [0.15, 0.2) is 0 Å². The molecule has 0 saturated heterocycles. The Morgan fingerprint density at radius 2 is 2.09 bits per heavy atom. The van der Waals surface area contributed by atoms with Gasteiger partial charge in [-0.15, -0.1) is 0 Å². The summed E-state index contributed by atoms with van der Waals surface area (Å²) in [5.74, 6) is 0. The summed E-state index contributed by atoms with van der Waals surface area (Å²) in [4.78, 5) is 3.18. The van der Waals surface area contributed by atoms with Crippen molar-refractivity contribution >= 4 is 10.1 Å². The van der Waals surface area contributed by atoms with Crippen molar-refractivity contribution in [1.82, 2.24) is 4.98 Å². The van der Waals surface area contributed by atoms with Crippen LogP contribution in [0.1, 0.15) is 0 Å². The summed E-state index contributed by atoms with van der Waals surface area (Å²) in [6.45, 7) is 0. The van der Waals surface area contributed by atoms with Gasteiger partial charge in [-0.05, 0) is 12.1 Å². The Balaban J connectivity index is 0.000001000. The molecule has 0 aliphatic heterocycles. The van der Waals surface area contributed by atoms with Crippen molar-refractivity contribution in [2.45, 2.75) is 4.90 Å². The minimum Gasteiger partial charge on any atom is -0.744 e. The van der Waals surface area contributed by atoms with Crippen LogP contribution in [0, 0.1) is 0 Å². The predicted molar refractivity (Wildman–Crippen MR) is 32.2 cm³/mol. The van der Waals surface area contributed by atoms with Crippen LogP contribution in [-0.2, 0) is 10.1 Å². The van der Waals surface area contributed by atoms with Crippen LogP contribution in [0.2, 0.25) is 0 Å². The number of rotatable bonds is 1. The Labute approximate surface area is 86.7 Å². The molecular weight excluding hydrogens is 177 g/mol. The average Bonchev–Trinajstić information content (AvgIpc) is 1.88. The van der Waals surface area contributed by atoms with Gasteiger partial charge in [0.05, 0.1) is 4.90 Å². The normalized spacial score (nSPS) is 10.3. The maximum absolute atomic E-state index is 10.2. The molecule has 0 aromatic carbocycles. The van der Waals surface area contributed by atoms with E-state index in [1.807, 2.05) is 0 Å². The van der Waals surface area contributed by atoms with Gasteiger partial charge in [0.2, 0.25) is 0 Å². The molecular formula is C5H4NNaO3S. The molecule has 1 rings (SSSR count). The first kappa shape index (κ1) is 11.1. The van der Waals surface area contributed by atoms with E-state index in [0.717, 1.165) is 6.20 Å². The second kappa shape index (κ2) is 4.18. The maximum atomic E-state index is 10.2. The summed E-state index contributed by atoms with van der Waals surface area (Å²) < 4.78 is 30.7. The number of hydrogen-bond donors (Lipinski definition) is 0. The van der Waals surface area contributed by atoms with Crippen LogP contribution >= 0.6 is 0 Å². The fourth-order valence-electron chi connectivity index (χ4n) is 0.495. The van der Waals surface area contributed by atoms with E-state index in [0.29, 0.717) is 0 Å². The quantitative estimate of drug-likeness (QED) is 0.342. The number of aromatic nitrogens is 1. The van der Waals surface area contributed by atoms with Gasteiger partial charge >= 0.3 is 29.6 Å². The zero-order chi connectivity index (χ0) is 7.61. The van der Waals surface area contributed by atoms with Gasteiger partial charge in [-0.25, -0.2) is 8.42 Å². The Morgan fingerprint density at radius 3 is 2.36 bits per heavy atom. The molecule has 0 aliphatic carbocycles. The molecule has 0 N–H and O–H groups in total. The summed E-state index contributed by atoms with van der Waals surface area (Å²) in [6, 6.07) is 2.60. The Hall–Kier alpha value is 0.0600. The summed E-state index contributed by atoms with van der Waals surface area (Å²) in [5.41, 5.74) is 0. The molecule has 0 unspecified atom stereocenters. The second-order valence-electron chi connectivity index (χ2n) is 1.64. The van der Waals surface area contributed by atoms with Crippen LogP contribution in [-0.4, -0.2) is 18.0 Å². The molecule has 1 heterocycles. The Bertz CT molecular complexity index is 310. The first-order valence-electron chi connectivity index (χ1n) is 2.46. The first-order valence-corrected chi connectivity index (χ1v) is 3.87. The number of nitrogens with zero attached hydrogens (tertiary/aromatic N) is 1. The zero-order valence-electron chi connectivity index (χ0n) is 5.89. The fourth-order valence-corrected chi connectivity index (χ4v) is 0.930. The van der Waals surface area contributed by atoms with E-state index in [4.69, 9.17) is 0 Å². The van der Waals surface area contributed by atoms with Crippen molar-refractivity contribution in [2.24, 2.45) is 0 Å². The van der Waals surface area contributed by atoms with E-state index in [2.05, 4.69) is 4.98 Å². The van der Waals surface area contributed by atoms with E-state index < -0.39 is 10.1 Å². The van der Waals surface area contributed by atoms with Gasteiger partial charge in [0.25, 0.3) is 0 Å². The third-order valence-electron chi connectivity index (χ3n) is 0.923. The van der Waals surface area contributed by atoms with Crippen LogP contribution in [0.3, 0.4) is 0 Å². The minimum atomic E-state index is -4.32. The van der Waals surface area contributed by atoms with Crippen LogP contribution in [0.25, 0.3) is 0 Å². The van der Waals surface area contributed by atoms with Crippen molar-refractivity contribution in [3.05, 3.63) is 24.5 Å². The molecule has 0 spiro atoms. The third-order valence-corrected chi connectivity index (χ3v) is 1.74. The fraction of sp³-hybridized carbons (Fsp3) is 0. The van der Waals surface area contributed by atoms with Crippen molar-refractivity contribution in [1.29, 1.82) is 0 Å². The molecule has 0 fully saturated rings. The zero-order valence-corrected chi connectivity index (χ0v) is 8.71. The number of pyridine rings is 1. The largest absolute Gasteiger partial charge is 1.00 e. The van der Waals surface area contributed by atoms with E-state index in [9.17, 15) is 13.0 Å². The molecule has 0 atom stereocenters. The smallest absolute Gasteiger partial charge is 0.744 e. The molecule has 0 amide bonds. The van der Waals surface area contributed by atoms with Gasteiger partial charge in [0, 0.05) is 12.4 Å². The molecule has 0 radical (unpaired) electrons. The van der Waals surface area contributed by atoms with Gasteiger partial charge in [-0.3, -0.25) is 4.98 Å². The van der Waals surface area contributed by atoms with Crippen molar-refractivity contribution in [3.63, 3.8) is 0 Å². The minimum absolute atomic E-state index is 0. The molecule has 0 bridgehead atoms. The van der Waals surface area contributed by atoms with Crippen LogP contribution < -0.4 is 29.6 Å². The molecule has 4 nitrogen and oxygen atoms in total. The first-order chi connectivity index (χ1) is 4.61. The van der Waals surface area contributed by atoms with Crippen LogP contribution in [0.4, 0.5) is 0 Å². The summed E-state index contributed by atoms with van der Waals surface area (Å²) in [6.07, 6.45) is 2.41. The molecule has 1 aromatic heterocycles. The van der Waals surface area contributed by atoms with Gasteiger partial charge in [-0.1, -0.05) is 0 Å². The van der Waals surface area contributed by atoms with E-state index in [1.165, 1.54) is 18.3 Å². The van der Waals surface area contributed by atoms with Gasteiger partial charge < -0.3 is 4.55 Å². The average molecular weight is 181 g/mol. The molecule has 0 aliphatic rings. The van der Waals surface area contributed by atoms with E-state index >= 15 is 0 Å². The Kier molecular flexibility index (Phi) is 4.20. The Morgan fingerprint density at radius 1 is 1.45 bits per heavy atom. The number of hydrogen-bond acceptors (Lipinski definition) is 4. The maximum Gasteiger partial charge on any atom is 1.00 e. The van der Waals surface area contributed by atoms with Crippen LogP contribution in [0.15, 0.2) is 29.4 Å². The molecule has 11 heavy (non-hydrogen) atoms. The molecule has 1 aromatic rings. The van der Waals surface area contributed by atoms with Crippen molar-refractivity contribution < 1.29 is 42.5 Å². The standard InChI is InChI=1S/C5H5NO3S.Na/c7-10(8,9)5-2-1-3-6-4-5;/h1-4H,(H,7,8,9);/q;+1/p-1. The summed E-state index contributed by atoms with van der Waals surface area (Å²) >= 11 is 0. The second-order valence-corrected chi connectivity index (χ2v) is 3.02. The van der Waals surface area contributed by atoms with Gasteiger partial charge in [0.1, 0.15) is 10.1 Å². The molecule has 6 heteroatoms. The predicted octanol–water partition coefficient (Wildman–Crippen LogP) is -3.01.